The van der Waals surface area contributed by atoms with Gasteiger partial charge in [0, 0.05) is 6.20 Å². The van der Waals surface area contributed by atoms with Crippen molar-refractivity contribution in [2.24, 2.45) is 10.2 Å². The van der Waals surface area contributed by atoms with E-state index in [1.807, 2.05) is 19.1 Å². The van der Waals surface area contributed by atoms with Crippen LogP contribution in [-0.2, 0) is 6.18 Å². The van der Waals surface area contributed by atoms with Crippen LogP contribution < -0.4 is 0 Å². The van der Waals surface area contributed by atoms with E-state index in [9.17, 15) is 13.2 Å². The number of aromatic nitrogens is 1. The summed E-state index contributed by atoms with van der Waals surface area (Å²) in [7, 11) is 0. The molecule has 0 aliphatic carbocycles. The molecular weight excluding hydrogens is 267 g/mol. The van der Waals surface area contributed by atoms with Crippen molar-refractivity contribution in [1.82, 2.24) is 4.98 Å². The van der Waals surface area contributed by atoms with Crippen LogP contribution in [0.4, 0.5) is 18.9 Å². The molecule has 0 fully saturated rings. The highest BCUT2D eigenvalue weighted by atomic mass is 19.4. The Bertz CT molecular complexity index is 577. The van der Waals surface area contributed by atoms with Crippen molar-refractivity contribution >= 4 is 5.69 Å². The lowest BCUT2D eigenvalue weighted by Crippen LogP contribution is -2.03. The van der Waals surface area contributed by atoms with Crippen LogP contribution >= 0.6 is 0 Å². The van der Waals surface area contributed by atoms with Crippen molar-refractivity contribution in [2.45, 2.75) is 19.1 Å². The lowest BCUT2D eigenvalue weighted by molar-refractivity contribution is -0.137. The molecule has 0 amide bonds. The van der Waals surface area contributed by atoms with E-state index in [0.717, 1.165) is 17.8 Å². The fourth-order valence-corrected chi connectivity index (χ4v) is 1.55. The summed E-state index contributed by atoms with van der Waals surface area (Å²) < 4.78 is 37.2. The van der Waals surface area contributed by atoms with Crippen molar-refractivity contribution in [2.75, 3.05) is 0 Å². The van der Waals surface area contributed by atoms with Gasteiger partial charge in [0.2, 0.25) is 0 Å². The van der Waals surface area contributed by atoms with Gasteiger partial charge in [-0.15, -0.1) is 0 Å². The smallest absolute Gasteiger partial charge is 0.259 e. The predicted octanol–water partition coefficient (Wildman–Crippen LogP) is 4.95. The minimum Gasteiger partial charge on any atom is -0.259 e. The summed E-state index contributed by atoms with van der Waals surface area (Å²) in [5, 5.41) is 7.96. The number of rotatable bonds is 3. The Balaban J connectivity index is 2.08. The molecule has 20 heavy (non-hydrogen) atoms. The predicted molar refractivity (Wildman–Crippen MR) is 68.6 cm³/mol. The molecule has 1 heterocycles. The quantitative estimate of drug-likeness (QED) is 0.733. The van der Waals surface area contributed by atoms with Crippen LogP contribution in [0.15, 0.2) is 58.9 Å². The Morgan fingerprint density at radius 3 is 2.30 bits per heavy atom. The summed E-state index contributed by atoms with van der Waals surface area (Å²) in [5.41, 5.74) is 0.429. The van der Waals surface area contributed by atoms with Gasteiger partial charge in [-0.3, -0.25) is 4.98 Å². The van der Waals surface area contributed by atoms with Gasteiger partial charge in [-0.05, 0) is 43.3 Å². The second-order valence-corrected chi connectivity index (χ2v) is 4.19. The molecule has 0 radical (unpaired) electrons. The molecule has 2 aromatic rings. The zero-order valence-corrected chi connectivity index (χ0v) is 10.7. The molecule has 1 aromatic carbocycles. The van der Waals surface area contributed by atoms with Crippen molar-refractivity contribution in [3.8, 4) is 0 Å². The van der Waals surface area contributed by atoms with Gasteiger partial charge in [-0.25, -0.2) is 0 Å². The van der Waals surface area contributed by atoms with Gasteiger partial charge in [0.15, 0.2) is 0 Å². The zero-order chi connectivity index (χ0) is 14.6. The molecule has 104 valence electrons. The summed E-state index contributed by atoms with van der Waals surface area (Å²) in [5.74, 6) is 0. The van der Waals surface area contributed by atoms with Gasteiger partial charge in [0.05, 0.1) is 16.9 Å². The van der Waals surface area contributed by atoms with Crippen LogP contribution in [0.25, 0.3) is 0 Å². The third-order valence-corrected chi connectivity index (χ3v) is 2.66. The summed E-state index contributed by atoms with van der Waals surface area (Å²) in [4.78, 5) is 4.13. The monoisotopic (exact) mass is 279 g/mol. The van der Waals surface area contributed by atoms with E-state index in [2.05, 4.69) is 15.2 Å². The molecule has 1 unspecified atom stereocenters. The van der Waals surface area contributed by atoms with E-state index in [0.29, 0.717) is 5.69 Å². The first-order chi connectivity index (χ1) is 9.47. The van der Waals surface area contributed by atoms with Crippen molar-refractivity contribution < 1.29 is 13.2 Å². The average Bonchev–Trinajstić information content (AvgIpc) is 2.45. The highest BCUT2D eigenvalue weighted by molar-refractivity contribution is 5.39. The molecule has 0 N–H and O–H groups in total. The molecule has 0 aliphatic rings. The van der Waals surface area contributed by atoms with Gasteiger partial charge in [0.25, 0.3) is 0 Å². The molecule has 6 heteroatoms. The first kappa shape index (κ1) is 14.2. The Kier molecular flexibility index (Phi) is 4.12. The number of hydrogen-bond acceptors (Lipinski definition) is 3. The van der Waals surface area contributed by atoms with E-state index >= 15 is 0 Å². The Labute approximate surface area is 114 Å². The standard InChI is InChI=1S/C14H12F3N3/c1-10(13-4-2-3-9-18-13)19-20-12-7-5-11(6-8-12)14(15,16)17/h2-10H,1H3. The van der Waals surface area contributed by atoms with E-state index < -0.39 is 11.7 Å². The van der Waals surface area contributed by atoms with Gasteiger partial charge in [0.1, 0.15) is 6.04 Å². The number of pyridine rings is 1. The number of halogens is 3. The third-order valence-electron chi connectivity index (χ3n) is 2.66. The van der Waals surface area contributed by atoms with E-state index in [1.165, 1.54) is 12.1 Å². The van der Waals surface area contributed by atoms with Crippen LogP contribution in [-0.4, -0.2) is 4.98 Å². The molecule has 0 saturated carbocycles. The van der Waals surface area contributed by atoms with Gasteiger partial charge < -0.3 is 0 Å². The lowest BCUT2D eigenvalue weighted by atomic mass is 10.2. The molecular formula is C14H12F3N3. The molecule has 0 aliphatic heterocycles. The van der Waals surface area contributed by atoms with Crippen LogP contribution in [0.5, 0.6) is 0 Å². The summed E-state index contributed by atoms with van der Waals surface area (Å²) >= 11 is 0. The minimum absolute atomic E-state index is 0.251. The van der Waals surface area contributed by atoms with Crippen molar-refractivity contribution in [3.63, 3.8) is 0 Å². The van der Waals surface area contributed by atoms with Gasteiger partial charge >= 0.3 is 6.18 Å². The maximum absolute atomic E-state index is 12.4. The molecule has 1 atom stereocenters. The van der Waals surface area contributed by atoms with Crippen molar-refractivity contribution in [3.05, 3.63) is 59.9 Å². The van der Waals surface area contributed by atoms with Gasteiger partial charge in [-0.1, -0.05) is 6.07 Å². The maximum atomic E-state index is 12.4. The number of benzene rings is 1. The highest BCUT2D eigenvalue weighted by Crippen LogP contribution is 2.30. The fourth-order valence-electron chi connectivity index (χ4n) is 1.55. The fraction of sp³-hybridized carbons (Fsp3) is 0.214. The van der Waals surface area contributed by atoms with E-state index in [-0.39, 0.29) is 6.04 Å². The lowest BCUT2D eigenvalue weighted by Gasteiger charge is -2.06. The normalized spacial score (nSPS) is 13.6. The number of nitrogens with zero attached hydrogens (tertiary/aromatic N) is 3. The topological polar surface area (TPSA) is 37.6 Å². The second kappa shape index (κ2) is 5.81. The van der Waals surface area contributed by atoms with Crippen LogP contribution in [0.2, 0.25) is 0 Å². The SMILES string of the molecule is CC(N=Nc1ccc(C(F)(F)F)cc1)c1ccccn1. The first-order valence-corrected chi connectivity index (χ1v) is 5.96. The summed E-state index contributed by atoms with van der Waals surface area (Å²) in [6.07, 6.45) is -2.68. The molecule has 3 nitrogen and oxygen atoms in total. The molecule has 0 saturated heterocycles. The first-order valence-electron chi connectivity index (χ1n) is 5.96. The van der Waals surface area contributed by atoms with Crippen molar-refractivity contribution in [1.29, 1.82) is 0 Å². The van der Waals surface area contributed by atoms with E-state index in [4.69, 9.17) is 0 Å². The van der Waals surface area contributed by atoms with Crippen LogP contribution in [0.3, 0.4) is 0 Å². The molecule has 2 rings (SSSR count). The Morgan fingerprint density at radius 2 is 1.75 bits per heavy atom. The van der Waals surface area contributed by atoms with E-state index in [1.54, 1.807) is 12.3 Å². The number of hydrogen-bond donors (Lipinski definition) is 0. The largest absolute Gasteiger partial charge is 0.416 e. The maximum Gasteiger partial charge on any atom is 0.416 e. The minimum atomic E-state index is -4.34. The Hall–Kier alpha value is -2.24. The molecule has 0 spiro atoms. The number of azo groups is 1. The van der Waals surface area contributed by atoms with Crippen LogP contribution in [0, 0.1) is 0 Å². The Morgan fingerprint density at radius 1 is 1.05 bits per heavy atom. The zero-order valence-electron chi connectivity index (χ0n) is 10.7. The van der Waals surface area contributed by atoms with Gasteiger partial charge in [-0.2, -0.15) is 23.4 Å². The molecule has 1 aromatic heterocycles. The third kappa shape index (κ3) is 3.63. The molecule has 0 bridgehead atoms. The number of alkyl halides is 3. The highest BCUT2D eigenvalue weighted by Gasteiger charge is 2.29. The second-order valence-electron chi connectivity index (χ2n) is 4.19. The summed E-state index contributed by atoms with van der Waals surface area (Å²) in [6, 6.07) is 9.75. The van der Waals surface area contributed by atoms with Crippen LogP contribution in [0.1, 0.15) is 24.2 Å². The summed E-state index contributed by atoms with van der Waals surface area (Å²) in [6.45, 7) is 1.82. The average molecular weight is 279 g/mol.